The summed E-state index contributed by atoms with van der Waals surface area (Å²) in [5.41, 5.74) is 0.966. The van der Waals surface area contributed by atoms with E-state index in [4.69, 9.17) is 16.3 Å². The Hall–Kier alpha value is -1.48. The van der Waals surface area contributed by atoms with Crippen LogP contribution in [0.15, 0.2) is 36.8 Å². The standard InChI is InChI=1S/C10H9ClN2O/c1-14-10-6-13(7-12-10)9-4-2-3-8(11)5-9/h2-7H,1H3. The van der Waals surface area contributed by atoms with Gasteiger partial charge in [-0.2, -0.15) is 0 Å². The third-order valence-corrected chi connectivity index (χ3v) is 2.11. The molecule has 0 bridgehead atoms. The Labute approximate surface area is 86.9 Å². The van der Waals surface area contributed by atoms with Crippen molar-refractivity contribution in [2.24, 2.45) is 0 Å². The smallest absolute Gasteiger partial charge is 0.231 e. The SMILES string of the molecule is COc1cn(-c2cccc(Cl)c2)cn1. The molecule has 0 saturated heterocycles. The average Bonchev–Trinajstić information content (AvgIpc) is 2.66. The summed E-state index contributed by atoms with van der Waals surface area (Å²) < 4.78 is 6.83. The third-order valence-electron chi connectivity index (χ3n) is 1.87. The molecule has 0 atom stereocenters. The largest absolute Gasteiger partial charge is 0.480 e. The van der Waals surface area contributed by atoms with Crippen LogP contribution in [-0.2, 0) is 0 Å². The van der Waals surface area contributed by atoms with Gasteiger partial charge in [0.2, 0.25) is 5.88 Å². The zero-order valence-corrected chi connectivity index (χ0v) is 8.40. The second-order valence-corrected chi connectivity index (χ2v) is 3.24. The minimum absolute atomic E-state index is 0.588. The van der Waals surface area contributed by atoms with E-state index in [1.165, 1.54) is 0 Å². The molecule has 1 heterocycles. The fourth-order valence-electron chi connectivity index (χ4n) is 1.19. The number of imidazole rings is 1. The highest BCUT2D eigenvalue weighted by Gasteiger charge is 2.00. The normalized spacial score (nSPS) is 10.1. The lowest BCUT2D eigenvalue weighted by molar-refractivity contribution is 0.400. The van der Waals surface area contributed by atoms with Crippen molar-refractivity contribution < 1.29 is 4.74 Å². The van der Waals surface area contributed by atoms with Crippen LogP contribution < -0.4 is 4.74 Å². The van der Waals surface area contributed by atoms with Crippen LogP contribution in [0.1, 0.15) is 0 Å². The lowest BCUT2D eigenvalue weighted by Gasteiger charge is -2.00. The molecule has 0 spiro atoms. The predicted molar refractivity (Wildman–Crippen MR) is 55.1 cm³/mol. The van der Waals surface area contributed by atoms with Crippen LogP contribution in [0.4, 0.5) is 0 Å². The van der Waals surface area contributed by atoms with Crippen LogP contribution in [0.2, 0.25) is 5.02 Å². The number of nitrogens with zero attached hydrogens (tertiary/aromatic N) is 2. The lowest BCUT2D eigenvalue weighted by atomic mass is 10.3. The van der Waals surface area contributed by atoms with E-state index in [1.807, 2.05) is 28.8 Å². The summed E-state index contributed by atoms with van der Waals surface area (Å²) in [4.78, 5) is 4.04. The molecule has 72 valence electrons. The molecular weight excluding hydrogens is 200 g/mol. The summed E-state index contributed by atoms with van der Waals surface area (Å²) in [6, 6.07) is 7.54. The number of hydrogen-bond donors (Lipinski definition) is 0. The van der Waals surface area contributed by atoms with Crippen molar-refractivity contribution in [3.05, 3.63) is 41.8 Å². The molecule has 0 fully saturated rings. The Morgan fingerprint density at radius 1 is 1.43 bits per heavy atom. The molecule has 0 saturated carbocycles. The van der Waals surface area contributed by atoms with Gasteiger partial charge in [-0.05, 0) is 18.2 Å². The monoisotopic (exact) mass is 208 g/mol. The van der Waals surface area contributed by atoms with Gasteiger partial charge in [0, 0.05) is 10.7 Å². The second-order valence-electron chi connectivity index (χ2n) is 2.80. The molecule has 0 N–H and O–H groups in total. The van der Waals surface area contributed by atoms with E-state index >= 15 is 0 Å². The van der Waals surface area contributed by atoms with E-state index in [0.29, 0.717) is 10.9 Å². The molecule has 0 radical (unpaired) electrons. The molecule has 14 heavy (non-hydrogen) atoms. The molecular formula is C10H9ClN2O. The average molecular weight is 209 g/mol. The highest BCUT2D eigenvalue weighted by Crippen LogP contribution is 2.16. The van der Waals surface area contributed by atoms with E-state index in [0.717, 1.165) is 5.69 Å². The summed E-state index contributed by atoms with van der Waals surface area (Å²) >= 11 is 5.87. The molecule has 0 unspecified atom stereocenters. The van der Waals surface area contributed by atoms with Gasteiger partial charge >= 0.3 is 0 Å². The number of ether oxygens (including phenoxy) is 1. The summed E-state index contributed by atoms with van der Waals surface area (Å²) in [5.74, 6) is 0.588. The summed E-state index contributed by atoms with van der Waals surface area (Å²) in [5, 5.41) is 0.704. The van der Waals surface area contributed by atoms with Crippen LogP contribution in [0.5, 0.6) is 5.88 Å². The van der Waals surface area contributed by atoms with Crippen LogP contribution >= 0.6 is 11.6 Å². The molecule has 2 aromatic rings. The first-order chi connectivity index (χ1) is 6.79. The van der Waals surface area contributed by atoms with E-state index in [1.54, 1.807) is 19.6 Å². The van der Waals surface area contributed by atoms with E-state index in [9.17, 15) is 0 Å². The van der Waals surface area contributed by atoms with Gasteiger partial charge < -0.3 is 9.30 Å². The number of halogens is 1. The Morgan fingerprint density at radius 3 is 2.93 bits per heavy atom. The second kappa shape index (κ2) is 3.72. The van der Waals surface area contributed by atoms with Gasteiger partial charge in [0.05, 0.1) is 13.3 Å². The topological polar surface area (TPSA) is 27.1 Å². The van der Waals surface area contributed by atoms with E-state index < -0.39 is 0 Å². The molecule has 2 rings (SSSR count). The Balaban J connectivity index is 2.39. The molecule has 4 heteroatoms. The van der Waals surface area contributed by atoms with Gasteiger partial charge in [-0.15, -0.1) is 0 Å². The lowest BCUT2D eigenvalue weighted by Crippen LogP contribution is -1.88. The first kappa shape index (κ1) is 9.09. The van der Waals surface area contributed by atoms with Crippen LogP contribution in [-0.4, -0.2) is 16.7 Å². The van der Waals surface area contributed by atoms with Crippen molar-refractivity contribution in [2.45, 2.75) is 0 Å². The van der Waals surface area contributed by atoms with Crippen molar-refractivity contribution in [2.75, 3.05) is 7.11 Å². The van der Waals surface area contributed by atoms with Crippen molar-refractivity contribution in [3.8, 4) is 11.6 Å². The van der Waals surface area contributed by atoms with Gasteiger partial charge in [0.25, 0.3) is 0 Å². The Kier molecular flexibility index (Phi) is 2.41. The Bertz CT molecular complexity index is 439. The molecule has 0 aliphatic heterocycles. The van der Waals surface area contributed by atoms with E-state index in [-0.39, 0.29) is 0 Å². The Morgan fingerprint density at radius 2 is 2.29 bits per heavy atom. The maximum absolute atomic E-state index is 5.87. The maximum Gasteiger partial charge on any atom is 0.231 e. The summed E-state index contributed by atoms with van der Waals surface area (Å²) in [6.45, 7) is 0. The fourth-order valence-corrected chi connectivity index (χ4v) is 1.37. The number of benzene rings is 1. The molecule has 0 aliphatic rings. The first-order valence-electron chi connectivity index (χ1n) is 4.13. The molecule has 1 aromatic heterocycles. The zero-order chi connectivity index (χ0) is 9.97. The number of methoxy groups -OCH3 is 1. The van der Waals surface area contributed by atoms with Crippen molar-refractivity contribution in [1.82, 2.24) is 9.55 Å². The third kappa shape index (κ3) is 1.72. The van der Waals surface area contributed by atoms with Gasteiger partial charge in [-0.25, -0.2) is 4.98 Å². The number of rotatable bonds is 2. The highest BCUT2D eigenvalue weighted by atomic mass is 35.5. The highest BCUT2D eigenvalue weighted by molar-refractivity contribution is 6.30. The van der Waals surface area contributed by atoms with Gasteiger partial charge in [0.15, 0.2) is 0 Å². The molecule has 1 aromatic carbocycles. The van der Waals surface area contributed by atoms with Crippen LogP contribution in [0.3, 0.4) is 0 Å². The molecule has 3 nitrogen and oxygen atoms in total. The van der Waals surface area contributed by atoms with Crippen molar-refractivity contribution in [1.29, 1.82) is 0 Å². The quantitative estimate of drug-likeness (QED) is 0.759. The van der Waals surface area contributed by atoms with Gasteiger partial charge in [-0.1, -0.05) is 17.7 Å². The predicted octanol–water partition coefficient (Wildman–Crippen LogP) is 2.53. The van der Waals surface area contributed by atoms with Gasteiger partial charge in [0.1, 0.15) is 6.33 Å². The van der Waals surface area contributed by atoms with Crippen molar-refractivity contribution >= 4 is 11.6 Å². The first-order valence-corrected chi connectivity index (χ1v) is 4.51. The molecule has 0 amide bonds. The van der Waals surface area contributed by atoms with E-state index in [2.05, 4.69) is 4.98 Å². The maximum atomic E-state index is 5.87. The van der Waals surface area contributed by atoms with Gasteiger partial charge in [-0.3, -0.25) is 0 Å². The van der Waals surface area contributed by atoms with Crippen LogP contribution in [0, 0.1) is 0 Å². The minimum Gasteiger partial charge on any atom is -0.480 e. The number of hydrogen-bond acceptors (Lipinski definition) is 2. The fraction of sp³-hybridized carbons (Fsp3) is 0.100. The summed E-state index contributed by atoms with van der Waals surface area (Å²) in [7, 11) is 1.59. The summed E-state index contributed by atoms with van der Waals surface area (Å²) in [6.07, 6.45) is 3.48. The molecule has 0 aliphatic carbocycles. The van der Waals surface area contributed by atoms with Crippen LogP contribution in [0.25, 0.3) is 5.69 Å². The number of aromatic nitrogens is 2. The van der Waals surface area contributed by atoms with Crippen molar-refractivity contribution in [3.63, 3.8) is 0 Å². The zero-order valence-electron chi connectivity index (χ0n) is 7.64. The minimum atomic E-state index is 0.588.